The molecular formula is C16H21N3. The summed E-state index contributed by atoms with van der Waals surface area (Å²) >= 11 is 0. The van der Waals surface area contributed by atoms with E-state index in [1.165, 1.54) is 0 Å². The van der Waals surface area contributed by atoms with Crippen molar-refractivity contribution in [2.24, 2.45) is 0 Å². The Hall–Kier alpha value is -1.79. The van der Waals surface area contributed by atoms with E-state index < -0.39 is 0 Å². The van der Waals surface area contributed by atoms with Gasteiger partial charge in [-0.2, -0.15) is 5.26 Å². The third-order valence-corrected chi connectivity index (χ3v) is 3.77. The van der Waals surface area contributed by atoms with Gasteiger partial charge in [-0.1, -0.05) is 13.0 Å². The van der Waals surface area contributed by atoms with Crippen LogP contribution in [0.1, 0.15) is 32.8 Å². The fourth-order valence-corrected chi connectivity index (χ4v) is 2.16. The highest BCUT2D eigenvalue weighted by Crippen LogP contribution is 2.19. The molecule has 3 nitrogen and oxygen atoms in total. The fraction of sp³-hybridized carbons (Fsp3) is 0.438. The summed E-state index contributed by atoms with van der Waals surface area (Å²) in [5.74, 6) is 0. The van der Waals surface area contributed by atoms with Crippen LogP contribution in [0.2, 0.25) is 0 Å². The second-order valence-corrected chi connectivity index (χ2v) is 5.52. The SMILES string of the molecule is CCC(C)(C)NCCn1ccc2c(C#N)cccc21. The number of rotatable bonds is 5. The average Bonchev–Trinajstić information content (AvgIpc) is 2.82. The molecule has 2 rings (SSSR count). The number of nitriles is 1. The first-order valence-corrected chi connectivity index (χ1v) is 6.80. The van der Waals surface area contributed by atoms with Crippen LogP contribution in [0.4, 0.5) is 0 Å². The van der Waals surface area contributed by atoms with E-state index in [0.29, 0.717) is 0 Å². The number of hydrogen-bond donors (Lipinski definition) is 1. The molecule has 1 aromatic carbocycles. The van der Waals surface area contributed by atoms with E-state index in [1.54, 1.807) is 0 Å². The van der Waals surface area contributed by atoms with Crippen molar-refractivity contribution < 1.29 is 0 Å². The Bertz CT molecular complexity index is 602. The number of nitrogens with one attached hydrogen (secondary N) is 1. The molecule has 1 N–H and O–H groups in total. The number of fused-ring (bicyclic) bond motifs is 1. The molecule has 0 aliphatic rings. The summed E-state index contributed by atoms with van der Waals surface area (Å²) in [6.45, 7) is 8.48. The molecular weight excluding hydrogens is 234 g/mol. The average molecular weight is 255 g/mol. The standard InChI is InChI=1S/C16H21N3/c1-4-16(2,3)18-9-11-19-10-8-14-13(12-17)6-5-7-15(14)19/h5-8,10,18H,4,9,11H2,1-3H3. The molecule has 0 saturated carbocycles. The molecule has 19 heavy (non-hydrogen) atoms. The molecule has 0 bridgehead atoms. The van der Waals surface area contributed by atoms with Crippen LogP contribution in [0.15, 0.2) is 30.5 Å². The van der Waals surface area contributed by atoms with E-state index in [4.69, 9.17) is 5.26 Å². The van der Waals surface area contributed by atoms with Crippen molar-refractivity contribution in [1.82, 2.24) is 9.88 Å². The topological polar surface area (TPSA) is 40.8 Å². The molecule has 0 amide bonds. The van der Waals surface area contributed by atoms with Gasteiger partial charge in [-0.3, -0.25) is 0 Å². The Kier molecular flexibility index (Phi) is 3.92. The molecule has 0 spiro atoms. The third kappa shape index (κ3) is 2.97. The van der Waals surface area contributed by atoms with Crippen LogP contribution in [0.25, 0.3) is 10.9 Å². The molecule has 0 saturated heterocycles. The maximum atomic E-state index is 9.09. The molecule has 0 radical (unpaired) electrons. The lowest BCUT2D eigenvalue weighted by Gasteiger charge is -2.24. The minimum Gasteiger partial charge on any atom is -0.346 e. The van der Waals surface area contributed by atoms with E-state index >= 15 is 0 Å². The van der Waals surface area contributed by atoms with Crippen molar-refractivity contribution in [2.75, 3.05) is 6.54 Å². The van der Waals surface area contributed by atoms with Crippen molar-refractivity contribution in [3.63, 3.8) is 0 Å². The first kappa shape index (κ1) is 13.6. The minimum absolute atomic E-state index is 0.181. The van der Waals surface area contributed by atoms with Crippen LogP contribution >= 0.6 is 0 Å². The van der Waals surface area contributed by atoms with E-state index in [-0.39, 0.29) is 5.54 Å². The normalized spacial score (nSPS) is 11.7. The largest absolute Gasteiger partial charge is 0.346 e. The van der Waals surface area contributed by atoms with Gasteiger partial charge in [-0.05, 0) is 38.5 Å². The monoisotopic (exact) mass is 255 g/mol. The van der Waals surface area contributed by atoms with Gasteiger partial charge in [0.15, 0.2) is 0 Å². The lowest BCUT2D eigenvalue weighted by Crippen LogP contribution is -2.40. The van der Waals surface area contributed by atoms with Gasteiger partial charge in [0, 0.05) is 35.7 Å². The van der Waals surface area contributed by atoms with Crippen molar-refractivity contribution in [1.29, 1.82) is 5.26 Å². The summed E-state index contributed by atoms with van der Waals surface area (Å²) in [5, 5.41) is 13.7. The molecule has 100 valence electrons. The van der Waals surface area contributed by atoms with Gasteiger partial charge >= 0.3 is 0 Å². The highest BCUT2D eigenvalue weighted by atomic mass is 15.0. The second kappa shape index (κ2) is 5.46. The van der Waals surface area contributed by atoms with E-state index in [0.717, 1.165) is 36.0 Å². The molecule has 1 heterocycles. The van der Waals surface area contributed by atoms with Crippen LogP contribution in [-0.2, 0) is 6.54 Å². The maximum Gasteiger partial charge on any atom is 0.0998 e. The van der Waals surface area contributed by atoms with Crippen LogP contribution in [0, 0.1) is 11.3 Å². The summed E-state index contributed by atoms with van der Waals surface area (Å²) in [5.41, 5.74) is 2.06. The fourth-order valence-electron chi connectivity index (χ4n) is 2.16. The summed E-state index contributed by atoms with van der Waals surface area (Å²) in [4.78, 5) is 0. The van der Waals surface area contributed by atoms with Gasteiger partial charge in [0.05, 0.1) is 11.6 Å². The molecule has 2 aromatic rings. The van der Waals surface area contributed by atoms with Crippen LogP contribution in [0.5, 0.6) is 0 Å². The van der Waals surface area contributed by atoms with E-state index in [9.17, 15) is 0 Å². The number of hydrogen-bond acceptors (Lipinski definition) is 2. The Morgan fingerprint density at radius 1 is 1.32 bits per heavy atom. The summed E-state index contributed by atoms with van der Waals surface area (Å²) in [6, 6.07) is 10.2. The Morgan fingerprint density at radius 3 is 2.79 bits per heavy atom. The lowest BCUT2D eigenvalue weighted by molar-refractivity contribution is 0.369. The van der Waals surface area contributed by atoms with Crippen molar-refractivity contribution in [3.8, 4) is 6.07 Å². The molecule has 0 unspecified atom stereocenters. The minimum atomic E-state index is 0.181. The first-order valence-electron chi connectivity index (χ1n) is 6.80. The lowest BCUT2D eigenvalue weighted by atomic mass is 10.0. The maximum absolute atomic E-state index is 9.09. The van der Waals surface area contributed by atoms with Gasteiger partial charge in [-0.25, -0.2) is 0 Å². The predicted octanol–water partition coefficient (Wildman–Crippen LogP) is 3.29. The van der Waals surface area contributed by atoms with Crippen molar-refractivity contribution >= 4 is 10.9 Å². The molecule has 1 aromatic heterocycles. The molecule has 3 heteroatoms. The highest BCUT2D eigenvalue weighted by molar-refractivity contribution is 5.85. The zero-order valence-electron chi connectivity index (χ0n) is 11.9. The molecule has 0 aliphatic carbocycles. The van der Waals surface area contributed by atoms with E-state index in [2.05, 4.69) is 49.0 Å². The molecule has 0 atom stereocenters. The zero-order valence-corrected chi connectivity index (χ0v) is 11.9. The Labute approximate surface area is 114 Å². The summed E-state index contributed by atoms with van der Waals surface area (Å²) in [6.07, 6.45) is 3.17. The van der Waals surface area contributed by atoms with Crippen molar-refractivity contribution in [2.45, 2.75) is 39.3 Å². The van der Waals surface area contributed by atoms with Gasteiger partial charge in [0.2, 0.25) is 0 Å². The smallest absolute Gasteiger partial charge is 0.0998 e. The number of benzene rings is 1. The van der Waals surface area contributed by atoms with Gasteiger partial charge in [0.1, 0.15) is 0 Å². The molecule has 0 fully saturated rings. The second-order valence-electron chi connectivity index (χ2n) is 5.52. The zero-order chi connectivity index (χ0) is 13.9. The van der Waals surface area contributed by atoms with Gasteiger partial charge in [0.25, 0.3) is 0 Å². The summed E-state index contributed by atoms with van der Waals surface area (Å²) in [7, 11) is 0. The first-order chi connectivity index (χ1) is 9.07. The number of nitrogens with zero attached hydrogens (tertiary/aromatic N) is 2. The Morgan fingerprint density at radius 2 is 2.11 bits per heavy atom. The quantitative estimate of drug-likeness (QED) is 0.890. The molecule has 0 aliphatic heterocycles. The Balaban J connectivity index is 2.13. The predicted molar refractivity (Wildman–Crippen MR) is 79.0 cm³/mol. The summed E-state index contributed by atoms with van der Waals surface area (Å²) < 4.78 is 2.20. The number of aromatic nitrogens is 1. The van der Waals surface area contributed by atoms with Crippen LogP contribution < -0.4 is 5.32 Å². The van der Waals surface area contributed by atoms with Crippen LogP contribution in [-0.4, -0.2) is 16.7 Å². The highest BCUT2D eigenvalue weighted by Gasteiger charge is 2.13. The van der Waals surface area contributed by atoms with Gasteiger partial charge in [-0.15, -0.1) is 0 Å². The van der Waals surface area contributed by atoms with Crippen LogP contribution in [0.3, 0.4) is 0 Å². The van der Waals surface area contributed by atoms with E-state index in [1.807, 2.05) is 18.2 Å². The third-order valence-electron chi connectivity index (χ3n) is 3.77. The van der Waals surface area contributed by atoms with Crippen molar-refractivity contribution in [3.05, 3.63) is 36.0 Å². The van der Waals surface area contributed by atoms with Gasteiger partial charge < -0.3 is 9.88 Å².